The van der Waals surface area contributed by atoms with Crippen LogP contribution in [0.5, 0.6) is 0 Å². The summed E-state index contributed by atoms with van der Waals surface area (Å²) in [5.41, 5.74) is 7.53. The zero-order chi connectivity index (χ0) is 12.8. The largest absolute Gasteiger partial charge is 0.327 e. The molecular weight excluding hydrogens is 220 g/mol. The Balaban J connectivity index is 1.56. The van der Waals surface area contributed by atoms with E-state index in [9.17, 15) is 0 Å². The van der Waals surface area contributed by atoms with Gasteiger partial charge in [0.1, 0.15) is 0 Å². The molecule has 0 aromatic heterocycles. The Labute approximate surface area is 111 Å². The van der Waals surface area contributed by atoms with Crippen LogP contribution >= 0.6 is 0 Å². The third-order valence-electron chi connectivity index (χ3n) is 3.95. The molecule has 0 bridgehead atoms. The van der Waals surface area contributed by atoms with E-state index in [-0.39, 0.29) is 6.04 Å². The Morgan fingerprint density at radius 3 is 2.61 bits per heavy atom. The topological polar surface area (TPSA) is 38.0 Å². The van der Waals surface area contributed by atoms with Crippen LogP contribution in [0, 0.1) is 11.8 Å². The fraction of sp³-hybridized carbons (Fsp3) is 0.625. The molecule has 2 heteroatoms. The number of nitrogens with two attached hydrogens (primary N) is 1. The first kappa shape index (κ1) is 13.6. The highest BCUT2D eigenvalue weighted by atomic mass is 14.9. The Hall–Kier alpha value is -0.860. The normalized spacial score (nSPS) is 18.6. The van der Waals surface area contributed by atoms with Crippen molar-refractivity contribution in [2.45, 2.75) is 38.6 Å². The summed E-state index contributed by atoms with van der Waals surface area (Å²) in [5.74, 6) is 1.81. The van der Waals surface area contributed by atoms with Crippen LogP contribution in [-0.2, 0) is 6.42 Å². The molecular formula is C16H26N2. The summed E-state index contributed by atoms with van der Waals surface area (Å²) in [6, 6.07) is 10.9. The van der Waals surface area contributed by atoms with Crippen LogP contribution in [0.2, 0.25) is 0 Å². The maximum atomic E-state index is 6.14. The van der Waals surface area contributed by atoms with Gasteiger partial charge in [0, 0.05) is 12.6 Å². The summed E-state index contributed by atoms with van der Waals surface area (Å²) in [4.78, 5) is 0. The molecule has 2 unspecified atom stereocenters. The Kier molecular flexibility index (Phi) is 5.21. The Morgan fingerprint density at radius 1 is 1.22 bits per heavy atom. The van der Waals surface area contributed by atoms with E-state index >= 15 is 0 Å². The molecule has 3 N–H and O–H groups in total. The van der Waals surface area contributed by atoms with E-state index in [2.05, 4.69) is 42.6 Å². The smallest absolute Gasteiger partial charge is 0.0168 e. The van der Waals surface area contributed by atoms with E-state index in [0.717, 1.165) is 37.8 Å². The van der Waals surface area contributed by atoms with Gasteiger partial charge in [-0.25, -0.2) is 0 Å². The maximum absolute atomic E-state index is 6.14. The van der Waals surface area contributed by atoms with Gasteiger partial charge < -0.3 is 11.1 Å². The number of nitrogens with one attached hydrogen (secondary N) is 1. The molecule has 0 amide bonds. The van der Waals surface area contributed by atoms with Gasteiger partial charge in [0.25, 0.3) is 0 Å². The van der Waals surface area contributed by atoms with Crippen molar-refractivity contribution in [1.29, 1.82) is 0 Å². The minimum Gasteiger partial charge on any atom is -0.327 e. The molecule has 100 valence electrons. The lowest BCUT2D eigenvalue weighted by Crippen LogP contribution is -2.36. The fourth-order valence-electron chi connectivity index (χ4n) is 2.43. The van der Waals surface area contributed by atoms with Crippen molar-refractivity contribution in [2.75, 3.05) is 13.1 Å². The van der Waals surface area contributed by atoms with E-state index in [4.69, 9.17) is 5.73 Å². The highest BCUT2D eigenvalue weighted by Gasteiger charge is 2.27. The Bertz CT molecular complexity index is 332. The van der Waals surface area contributed by atoms with Gasteiger partial charge in [0.2, 0.25) is 0 Å². The van der Waals surface area contributed by atoms with Gasteiger partial charge in [-0.15, -0.1) is 0 Å². The summed E-state index contributed by atoms with van der Waals surface area (Å²) in [6.07, 6.45) is 5.02. The second-order valence-corrected chi connectivity index (χ2v) is 5.76. The molecule has 1 fully saturated rings. The van der Waals surface area contributed by atoms with Gasteiger partial charge in [-0.3, -0.25) is 0 Å². The number of aryl methyl sites for hydroxylation is 1. The van der Waals surface area contributed by atoms with Gasteiger partial charge in [-0.1, -0.05) is 37.3 Å². The molecule has 0 saturated heterocycles. The summed E-state index contributed by atoms with van der Waals surface area (Å²) in [5, 5.41) is 3.52. The third kappa shape index (κ3) is 4.79. The molecule has 1 aliphatic rings. The van der Waals surface area contributed by atoms with Gasteiger partial charge in [0.05, 0.1) is 0 Å². The number of rotatable bonds is 8. The molecule has 0 radical (unpaired) electrons. The van der Waals surface area contributed by atoms with Crippen LogP contribution in [0.3, 0.4) is 0 Å². The number of hydrogen-bond donors (Lipinski definition) is 2. The molecule has 1 aliphatic carbocycles. The van der Waals surface area contributed by atoms with Gasteiger partial charge in [-0.05, 0) is 49.6 Å². The first-order chi connectivity index (χ1) is 8.75. The quantitative estimate of drug-likeness (QED) is 0.740. The van der Waals surface area contributed by atoms with Crippen LogP contribution in [-0.4, -0.2) is 19.1 Å². The molecule has 2 atom stereocenters. The van der Waals surface area contributed by atoms with E-state index in [1.807, 2.05) is 0 Å². The van der Waals surface area contributed by atoms with Crippen LogP contribution in [0.4, 0.5) is 0 Å². The molecule has 2 rings (SSSR count). The van der Waals surface area contributed by atoms with Crippen LogP contribution in [0.15, 0.2) is 30.3 Å². The second-order valence-electron chi connectivity index (χ2n) is 5.76. The van der Waals surface area contributed by atoms with Crippen molar-refractivity contribution in [3.8, 4) is 0 Å². The van der Waals surface area contributed by atoms with Crippen LogP contribution in [0.25, 0.3) is 0 Å². The lowest BCUT2D eigenvalue weighted by molar-refractivity contribution is 0.441. The molecule has 0 heterocycles. The number of benzene rings is 1. The Morgan fingerprint density at radius 2 is 1.94 bits per heavy atom. The van der Waals surface area contributed by atoms with Crippen molar-refractivity contribution in [3.05, 3.63) is 35.9 Å². The molecule has 0 spiro atoms. The standard InChI is InChI=1S/C16H26N2/c1-13(15-8-9-15)11-18-12-16(17)10-7-14-5-3-2-4-6-14/h2-6,13,15-16,18H,7-12,17H2,1H3. The summed E-state index contributed by atoms with van der Waals surface area (Å²) >= 11 is 0. The van der Waals surface area contributed by atoms with E-state index in [1.54, 1.807) is 0 Å². The molecule has 1 saturated carbocycles. The number of hydrogen-bond acceptors (Lipinski definition) is 2. The highest BCUT2D eigenvalue weighted by Crippen LogP contribution is 2.35. The summed E-state index contributed by atoms with van der Waals surface area (Å²) < 4.78 is 0. The van der Waals surface area contributed by atoms with Crippen molar-refractivity contribution >= 4 is 0 Å². The van der Waals surface area contributed by atoms with Gasteiger partial charge >= 0.3 is 0 Å². The maximum Gasteiger partial charge on any atom is 0.0168 e. The molecule has 1 aromatic carbocycles. The average Bonchev–Trinajstić information content (AvgIpc) is 3.22. The van der Waals surface area contributed by atoms with Crippen molar-refractivity contribution in [2.24, 2.45) is 17.6 Å². The van der Waals surface area contributed by atoms with Crippen molar-refractivity contribution in [3.63, 3.8) is 0 Å². The predicted molar refractivity (Wildman–Crippen MR) is 77.5 cm³/mol. The SMILES string of the molecule is CC(CNCC(N)CCc1ccccc1)C1CC1. The van der Waals surface area contributed by atoms with Gasteiger partial charge in [0.15, 0.2) is 0 Å². The average molecular weight is 246 g/mol. The lowest BCUT2D eigenvalue weighted by atomic mass is 10.0. The predicted octanol–water partition coefficient (Wildman–Crippen LogP) is 2.58. The van der Waals surface area contributed by atoms with Crippen molar-refractivity contribution < 1.29 is 0 Å². The molecule has 0 aliphatic heterocycles. The molecule has 2 nitrogen and oxygen atoms in total. The van der Waals surface area contributed by atoms with E-state index in [1.165, 1.54) is 18.4 Å². The fourth-order valence-corrected chi connectivity index (χ4v) is 2.43. The van der Waals surface area contributed by atoms with Crippen molar-refractivity contribution in [1.82, 2.24) is 5.32 Å². The van der Waals surface area contributed by atoms with Crippen LogP contribution < -0.4 is 11.1 Å². The lowest BCUT2D eigenvalue weighted by Gasteiger charge is -2.15. The van der Waals surface area contributed by atoms with E-state index in [0.29, 0.717) is 0 Å². The summed E-state index contributed by atoms with van der Waals surface area (Å²) in [7, 11) is 0. The van der Waals surface area contributed by atoms with E-state index < -0.39 is 0 Å². The van der Waals surface area contributed by atoms with Gasteiger partial charge in [-0.2, -0.15) is 0 Å². The highest BCUT2D eigenvalue weighted by molar-refractivity contribution is 5.14. The first-order valence-electron chi connectivity index (χ1n) is 7.26. The zero-order valence-electron chi connectivity index (χ0n) is 11.4. The monoisotopic (exact) mass is 246 g/mol. The molecule has 1 aromatic rings. The van der Waals surface area contributed by atoms with Crippen LogP contribution in [0.1, 0.15) is 31.7 Å². The molecule has 18 heavy (non-hydrogen) atoms. The minimum absolute atomic E-state index is 0.275. The first-order valence-corrected chi connectivity index (χ1v) is 7.26. The third-order valence-corrected chi connectivity index (χ3v) is 3.95. The second kappa shape index (κ2) is 6.91. The summed E-state index contributed by atoms with van der Waals surface area (Å²) in [6.45, 7) is 4.42. The zero-order valence-corrected chi connectivity index (χ0v) is 11.4. The minimum atomic E-state index is 0.275.